The first-order chi connectivity index (χ1) is 8.54. The van der Waals surface area contributed by atoms with E-state index in [1.165, 1.54) is 7.11 Å². The van der Waals surface area contributed by atoms with E-state index in [1.54, 1.807) is 7.05 Å². The van der Waals surface area contributed by atoms with E-state index >= 15 is 0 Å². The lowest BCUT2D eigenvalue weighted by molar-refractivity contribution is -0.148. The van der Waals surface area contributed by atoms with Gasteiger partial charge < -0.3 is 19.5 Å². The van der Waals surface area contributed by atoms with Crippen molar-refractivity contribution in [1.82, 2.24) is 5.32 Å². The van der Waals surface area contributed by atoms with Crippen LogP contribution in [-0.2, 0) is 19.0 Å². The van der Waals surface area contributed by atoms with Gasteiger partial charge in [0.25, 0.3) is 0 Å². The maximum Gasteiger partial charge on any atom is 0.326 e. The summed E-state index contributed by atoms with van der Waals surface area (Å²) in [5, 5.41) is 3.08. The highest BCUT2D eigenvalue weighted by molar-refractivity contribution is 5.81. The first-order valence-corrected chi connectivity index (χ1v) is 6.54. The van der Waals surface area contributed by atoms with Crippen molar-refractivity contribution in [2.24, 2.45) is 0 Å². The second-order valence-electron chi connectivity index (χ2n) is 4.98. The molecule has 2 atom stereocenters. The van der Waals surface area contributed by atoms with Crippen molar-refractivity contribution in [1.29, 1.82) is 0 Å². The van der Waals surface area contributed by atoms with Crippen molar-refractivity contribution in [3.8, 4) is 0 Å². The van der Waals surface area contributed by atoms with Crippen LogP contribution in [0.1, 0.15) is 33.1 Å². The van der Waals surface area contributed by atoms with Crippen molar-refractivity contribution in [2.75, 3.05) is 27.4 Å². The molecule has 18 heavy (non-hydrogen) atoms. The number of hydrogen-bond acceptors (Lipinski definition) is 5. The predicted molar refractivity (Wildman–Crippen MR) is 68.5 cm³/mol. The number of likely N-dealkylation sites (N-methyl/N-ethyl adjacent to an activating group) is 1. The Kier molecular flexibility index (Phi) is 6.05. The Morgan fingerprint density at radius 1 is 1.44 bits per heavy atom. The number of methoxy groups -OCH3 is 1. The maximum atomic E-state index is 11.8. The molecule has 1 aliphatic carbocycles. The number of hydrogen-bond donors (Lipinski definition) is 1. The number of esters is 1. The quantitative estimate of drug-likeness (QED) is 0.548. The van der Waals surface area contributed by atoms with E-state index in [4.69, 9.17) is 14.2 Å². The molecule has 0 aromatic heterocycles. The molecule has 2 unspecified atom stereocenters. The average molecular weight is 259 g/mol. The van der Waals surface area contributed by atoms with Gasteiger partial charge in [-0.2, -0.15) is 0 Å². The zero-order valence-corrected chi connectivity index (χ0v) is 11.8. The second-order valence-corrected chi connectivity index (χ2v) is 4.98. The SMILES string of the molecule is CNC1(C(=O)OC)CCC(OCCOC(C)C)C1. The summed E-state index contributed by atoms with van der Waals surface area (Å²) < 4.78 is 16.0. The molecule has 0 aliphatic heterocycles. The molecule has 1 saturated carbocycles. The average Bonchev–Trinajstić information content (AvgIpc) is 2.78. The van der Waals surface area contributed by atoms with Gasteiger partial charge in [0.1, 0.15) is 5.54 Å². The zero-order chi connectivity index (χ0) is 13.6. The van der Waals surface area contributed by atoms with E-state index in [0.29, 0.717) is 19.6 Å². The molecule has 1 rings (SSSR count). The summed E-state index contributed by atoms with van der Waals surface area (Å²) in [5.41, 5.74) is -0.571. The fourth-order valence-electron chi connectivity index (χ4n) is 2.35. The molecule has 1 fully saturated rings. The predicted octanol–water partition coefficient (Wildman–Crippen LogP) is 1.11. The highest BCUT2D eigenvalue weighted by atomic mass is 16.5. The minimum atomic E-state index is -0.571. The monoisotopic (exact) mass is 259 g/mol. The van der Waals surface area contributed by atoms with Crippen molar-refractivity contribution in [3.63, 3.8) is 0 Å². The smallest absolute Gasteiger partial charge is 0.326 e. The largest absolute Gasteiger partial charge is 0.468 e. The van der Waals surface area contributed by atoms with Gasteiger partial charge in [-0.3, -0.25) is 4.79 Å². The van der Waals surface area contributed by atoms with Crippen LogP contribution in [0.2, 0.25) is 0 Å². The van der Waals surface area contributed by atoms with Gasteiger partial charge in [0.2, 0.25) is 0 Å². The van der Waals surface area contributed by atoms with E-state index in [1.807, 2.05) is 13.8 Å². The van der Waals surface area contributed by atoms with Crippen molar-refractivity contribution in [3.05, 3.63) is 0 Å². The van der Waals surface area contributed by atoms with Crippen LogP contribution in [0, 0.1) is 0 Å². The Balaban J connectivity index is 2.33. The summed E-state index contributed by atoms with van der Waals surface area (Å²) >= 11 is 0. The Hall–Kier alpha value is -0.650. The van der Waals surface area contributed by atoms with Gasteiger partial charge in [-0.15, -0.1) is 0 Å². The lowest BCUT2D eigenvalue weighted by Crippen LogP contribution is -2.49. The minimum Gasteiger partial charge on any atom is -0.468 e. The Morgan fingerprint density at radius 2 is 2.17 bits per heavy atom. The molecule has 0 spiro atoms. The molecule has 106 valence electrons. The fraction of sp³-hybridized carbons (Fsp3) is 0.923. The van der Waals surface area contributed by atoms with Crippen LogP contribution >= 0.6 is 0 Å². The third-order valence-corrected chi connectivity index (χ3v) is 3.41. The molecule has 0 amide bonds. The van der Waals surface area contributed by atoms with Gasteiger partial charge >= 0.3 is 5.97 Å². The Morgan fingerprint density at radius 3 is 2.72 bits per heavy atom. The van der Waals surface area contributed by atoms with Gasteiger partial charge in [-0.25, -0.2) is 0 Å². The Bertz CT molecular complexity index is 270. The molecule has 1 N–H and O–H groups in total. The fourth-order valence-corrected chi connectivity index (χ4v) is 2.35. The summed E-state index contributed by atoms with van der Waals surface area (Å²) in [6, 6.07) is 0. The summed E-state index contributed by atoms with van der Waals surface area (Å²) in [6.07, 6.45) is 2.62. The third kappa shape index (κ3) is 3.93. The summed E-state index contributed by atoms with van der Waals surface area (Å²) in [5.74, 6) is -0.200. The molecule has 5 heteroatoms. The van der Waals surface area contributed by atoms with E-state index < -0.39 is 5.54 Å². The van der Waals surface area contributed by atoms with Crippen molar-refractivity contribution in [2.45, 2.75) is 50.9 Å². The summed E-state index contributed by atoms with van der Waals surface area (Å²) in [6.45, 7) is 5.17. The summed E-state index contributed by atoms with van der Waals surface area (Å²) in [7, 11) is 3.22. The number of carbonyl (C=O) groups excluding carboxylic acids is 1. The van der Waals surface area contributed by atoms with Gasteiger partial charge in [0.05, 0.1) is 32.5 Å². The number of carbonyl (C=O) groups is 1. The topological polar surface area (TPSA) is 56.8 Å². The molecule has 0 bridgehead atoms. The van der Waals surface area contributed by atoms with Crippen LogP contribution in [-0.4, -0.2) is 51.1 Å². The maximum absolute atomic E-state index is 11.8. The van der Waals surface area contributed by atoms with Crippen LogP contribution in [0.4, 0.5) is 0 Å². The molecule has 0 aromatic carbocycles. The normalized spacial score (nSPS) is 27.7. The zero-order valence-electron chi connectivity index (χ0n) is 11.8. The highest BCUT2D eigenvalue weighted by Crippen LogP contribution is 2.32. The lowest BCUT2D eigenvalue weighted by atomic mass is 9.98. The molecule has 0 saturated heterocycles. The van der Waals surface area contributed by atoms with Crippen LogP contribution in [0.25, 0.3) is 0 Å². The van der Waals surface area contributed by atoms with Gasteiger partial charge in [0.15, 0.2) is 0 Å². The molecule has 0 aromatic rings. The molecule has 0 radical (unpaired) electrons. The number of rotatable bonds is 7. The second kappa shape index (κ2) is 7.07. The van der Waals surface area contributed by atoms with Crippen molar-refractivity contribution < 1.29 is 19.0 Å². The molecule has 0 heterocycles. The molecule has 5 nitrogen and oxygen atoms in total. The molecule has 1 aliphatic rings. The number of ether oxygens (including phenoxy) is 3. The third-order valence-electron chi connectivity index (χ3n) is 3.41. The van der Waals surface area contributed by atoms with E-state index in [2.05, 4.69) is 5.32 Å². The van der Waals surface area contributed by atoms with Crippen LogP contribution < -0.4 is 5.32 Å². The van der Waals surface area contributed by atoms with Crippen LogP contribution in [0.3, 0.4) is 0 Å². The standard InChI is InChI=1S/C13H25NO4/c1-10(2)17-7-8-18-11-5-6-13(9-11,14-3)12(15)16-4/h10-11,14H,5-9H2,1-4H3. The van der Waals surface area contributed by atoms with Crippen LogP contribution in [0.5, 0.6) is 0 Å². The van der Waals surface area contributed by atoms with Gasteiger partial charge in [-0.05, 0) is 33.7 Å². The first kappa shape index (κ1) is 15.4. The van der Waals surface area contributed by atoms with Gasteiger partial charge in [-0.1, -0.05) is 0 Å². The first-order valence-electron chi connectivity index (χ1n) is 6.54. The van der Waals surface area contributed by atoms with E-state index in [0.717, 1.165) is 12.8 Å². The Labute approximate surface area is 109 Å². The van der Waals surface area contributed by atoms with E-state index in [-0.39, 0.29) is 18.2 Å². The van der Waals surface area contributed by atoms with Crippen molar-refractivity contribution >= 4 is 5.97 Å². The van der Waals surface area contributed by atoms with Crippen LogP contribution in [0.15, 0.2) is 0 Å². The highest BCUT2D eigenvalue weighted by Gasteiger charge is 2.45. The number of nitrogens with one attached hydrogen (secondary N) is 1. The molecular formula is C13H25NO4. The summed E-state index contributed by atoms with van der Waals surface area (Å²) in [4.78, 5) is 11.8. The van der Waals surface area contributed by atoms with Gasteiger partial charge in [0, 0.05) is 6.42 Å². The lowest BCUT2D eigenvalue weighted by Gasteiger charge is -2.25. The van der Waals surface area contributed by atoms with E-state index in [9.17, 15) is 4.79 Å². The molecular weight excluding hydrogens is 234 g/mol. The minimum absolute atomic E-state index is 0.104.